The van der Waals surface area contributed by atoms with Crippen molar-refractivity contribution in [3.05, 3.63) is 58.1 Å². The van der Waals surface area contributed by atoms with Crippen molar-refractivity contribution in [1.82, 2.24) is 0 Å². The molecule has 0 aliphatic rings. The van der Waals surface area contributed by atoms with Crippen LogP contribution < -0.4 is 14.8 Å². The standard InChI is InChI=1S/C18H16BrF2NO3/c1-11-9-13(19)5-6-14(11)22-17(23)8-4-12-3-7-15(25-18(20)21)16(10-12)24-2/h3-10,18H,1-2H3,(H,22,23)/b8-4+. The van der Waals surface area contributed by atoms with Gasteiger partial charge in [0.2, 0.25) is 5.91 Å². The topological polar surface area (TPSA) is 47.6 Å². The van der Waals surface area contributed by atoms with Crippen LogP contribution in [-0.4, -0.2) is 19.6 Å². The van der Waals surface area contributed by atoms with Gasteiger partial charge >= 0.3 is 6.61 Å². The number of anilines is 1. The molecule has 0 atom stereocenters. The summed E-state index contributed by atoms with van der Waals surface area (Å²) in [6, 6.07) is 9.94. The number of methoxy groups -OCH3 is 1. The van der Waals surface area contributed by atoms with Gasteiger partial charge in [-0.15, -0.1) is 0 Å². The fourth-order valence-corrected chi connectivity index (χ4v) is 2.57. The van der Waals surface area contributed by atoms with E-state index in [1.165, 1.54) is 25.3 Å². The highest BCUT2D eigenvalue weighted by atomic mass is 79.9. The summed E-state index contributed by atoms with van der Waals surface area (Å²) in [7, 11) is 1.35. The van der Waals surface area contributed by atoms with Crippen LogP contribution in [0.1, 0.15) is 11.1 Å². The van der Waals surface area contributed by atoms with Gasteiger partial charge in [-0.25, -0.2) is 0 Å². The zero-order valence-corrected chi connectivity index (χ0v) is 15.1. The molecule has 132 valence electrons. The SMILES string of the molecule is COc1cc(/C=C/C(=O)Nc2ccc(Br)cc2C)ccc1OC(F)F. The first-order chi connectivity index (χ1) is 11.9. The zero-order chi connectivity index (χ0) is 18.4. The Morgan fingerprint density at radius 2 is 1.96 bits per heavy atom. The summed E-state index contributed by atoms with van der Waals surface area (Å²) in [4.78, 5) is 12.0. The van der Waals surface area contributed by atoms with Gasteiger partial charge in [-0.2, -0.15) is 8.78 Å². The normalized spacial score (nSPS) is 11.0. The summed E-state index contributed by atoms with van der Waals surface area (Å²) in [5, 5.41) is 2.77. The Labute approximate surface area is 152 Å². The quantitative estimate of drug-likeness (QED) is 0.678. The van der Waals surface area contributed by atoms with Crippen LogP contribution in [0.4, 0.5) is 14.5 Å². The maximum absolute atomic E-state index is 12.3. The number of benzene rings is 2. The molecule has 1 amide bonds. The molecule has 1 N–H and O–H groups in total. The number of hydrogen-bond acceptors (Lipinski definition) is 3. The van der Waals surface area contributed by atoms with Crippen molar-refractivity contribution < 1.29 is 23.0 Å². The summed E-state index contributed by atoms with van der Waals surface area (Å²) in [6.45, 7) is -1.05. The molecule has 0 saturated carbocycles. The second-order valence-electron chi connectivity index (χ2n) is 5.07. The molecular weight excluding hydrogens is 396 g/mol. The zero-order valence-electron chi connectivity index (χ0n) is 13.6. The first-order valence-corrected chi connectivity index (χ1v) is 8.06. The number of halogens is 3. The van der Waals surface area contributed by atoms with Crippen molar-refractivity contribution in [2.24, 2.45) is 0 Å². The summed E-state index contributed by atoms with van der Waals surface area (Å²) in [5.41, 5.74) is 2.24. The molecule has 0 spiro atoms. The first kappa shape index (κ1) is 18.9. The van der Waals surface area contributed by atoms with Crippen molar-refractivity contribution in [1.29, 1.82) is 0 Å². The van der Waals surface area contributed by atoms with Gasteiger partial charge < -0.3 is 14.8 Å². The van der Waals surface area contributed by atoms with Crippen LogP contribution >= 0.6 is 15.9 Å². The average molecular weight is 412 g/mol. The van der Waals surface area contributed by atoms with Gasteiger partial charge in [0.1, 0.15) is 0 Å². The van der Waals surface area contributed by atoms with Gasteiger partial charge in [-0.3, -0.25) is 4.79 Å². The highest BCUT2D eigenvalue weighted by Crippen LogP contribution is 2.29. The van der Waals surface area contributed by atoms with Crippen LogP contribution in [0.15, 0.2) is 46.9 Å². The molecule has 2 rings (SSSR count). The molecule has 4 nitrogen and oxygen atoms in total. The van der Waals surface area contributed by atoms with E-state index in [0.717, 1.165) is 10.0 Å². The number of ether oxygens (including phenoxy) is 2. The van der Waals surface area contributed by atoms with E-state index in [9.17, 15) is 13.6 Å². The maximum Gasteiger partial charge on any atom is 0.387 e. The Bertz CT molecular complexity index is 794. The number of alkyl halides is 2. The van der Waals surface area contributed by atoms with Crippen LogP contribution in [0.3, 0.4) is 0 Å². The minimum Gasteiger partial charge on any atom is -0.493 e. The van der Waals surface area contributed by atoms with E-state index in [1.54, 1.807) is 18.2 Å². The molecule has 0 unspecified atom stereocenters. The van der Waals surface area contributed by atoms with Crippen LogP contribution in [-0.2, 0) is 4.79 Å². The number of carbonyl (C=O) groups excluding carboxylic acids is 1. The minimum absolute atomic E-state index is 0.0652. The van der Waals surface area contributed by atoms with E-state index < -0.39 is 6.61 Å². The van der Waals surface area contributed by atoms with Gasteiger partial charge in [0.05, 0.1) is 7.11 Å². The van der Waals surface area contributed by atoms with Crippen molar-refractivity contribution in [2.75, 3.05) is 12.4 Å². The lowest BCUT2D eigenvalue weighted by molar-refractivity contribution is -0.111. The van der Waals surface area contributed by atoms with E-state index in [0.29, 0.717) is 11.3 Å². The second-order valence-corrected chi connectivity index (χ2v) is 5.99. The molecule has 2 aromatic rings. The third-order valence-corrected chi connectivity index (χ3v) is 3.77. The fraction of sp³-hybridized carbons (Fsp3) is 0.167. The molecule has 0 bridgehead atoms. The maximum atomic E-state index is 12.3. The molecule has 25 heavy (non-hydrogen) atoms. The number of carbonyl (C=O) groups is 1. The highest BCUT2D eigenvalue weighted by molar-refractivity contribution is 9.10. The van der Waals surface area contributed by atoms with Gasteiger partial charge in [-0.05, 0) is 54.5 Å². The lowest BCUT2D eigenvalue weighted by atomic mass is 10.1. The highest BCUT2D eigenvalue weighted by Gasteiger charge is 2.10. The molecular formula is C18H16BrF2NO3. The molecule has 0 fully saturated rings. The van der Waals surface area contributed by atoms with E-state index in [2.05, 4.69) is 26.0 Å². The molecule has 0 radical (unpaired) electrons. The van der Waals surface area contributed by atoms with E-state index in [-0.39, 0.29) is 17.4 Å². The Morgan fingerprint density at radius 3 is 2.60 bits per heavy atom. The monoisotopic (exact) mass is 411 g/mol. The lowest BCUT2D eigenvalue weighted by Crippen LogP contribution is -2.08. The van der Waals surface area contributed by atoms with Gasteiger partial charge in [-0.1, -0.05) is 22.0 Å². The average Bonchev–Trinajstić information content (AvgIpc) is 2.56. The van der Waals surface area contributed by atoms with Gasteiger partial charge in [0.25, 0.3) is 0 Å². The summed E-state index contributed by atoms with van der Waals surface area (Å²) >= 11 is 3.36. The van der Waals surface area contributed by atoms with Crippen LogP contribution in [0.2, 0.25) is 0 Å². The Kier molecular flexibility index (Phi) is 6.52. The fourth-order valence-electron chi connectivity index (χ4n) is 2.09. The number of hydrogen-bond donors (Lipinski definition) is 1. The van der Waals surface area contributed by atoms with Crippen molar-refractivity contribution in [2.45, 2.75) is 13.5 Å². The van der Waals surface area contributed by atoms with Crippen molar-refractivity contribution >= 4 is 33.6 Å². The van der Waals surface area contributed by atoms with Crippen LogP contribution in [0.25, 0.3) is 6.08 Å². The lowest BCUT2D eigenvalue weighted by Gasteiger charge is -2.10. The molecule has 2 aromatic carbocycles. The third kappa shape index (κ3) is 5.56. The Morgan fingerprint density at radius 1 is 1.20 bits per heavy atom. The second kappa shape index (κ2) is 8.62. The molecule has 0 aliphatic carbocycles. The Hall–Kier alpha value is -2.41. The molecule has 0 aromatic heterocycles. The molecule has 0 saturated heterocycles. The predicted molar refractivity (Wildman–Crippen MR) is 96.2 cm³/mol. The third-order valence-electron chi connectivity index (χ3n) is 3.28. The van der Waals surface area contributed by atoms with Crippen molar-refractivity contribution in [3.8, 4) is 11.5 Å². The number of amides is 1. The van der Waals surface area contributed by atoms with E-state index in [1.807, 2.05) is 19.1 Å². The van der Waals surface area contributed by atoms with Crippen LogP contribution in [0.5, 0.6) is 11.5 Å². The van der Waals surface area contributed by atoms with Crippen LogP contribution in [0, 0.1) is 6.92 Å². The molecule has 0 heterocycles. The summed E-state index contributed by atoms with van der Waals surface area (Å²) in [5.74, 6) is -0.214. The number of rotatable bonds is 6. The minimum atomic E-state index is -2.93. The molecule has 0 aliphatic heterocycles. The largest absolute Gasteiger partial charge is 0.493 e. The first-order valence-electron chi connectivity index (χ1n) is 7.27. The van der Waals surface area contributed by atoms with Gasteiger partial charge in [0.15, 0.2) is 11.5 Å². The van der Waals surface area contributed by atoms with E-state index >= 15 is 0 Å². The smallest absolute Gasteiger partial charge is 0.387 e. The van der Waals surface area contributed by atoms with Gasteiger partial charge in [0, 0.05) is 16.2 Å². The number of aryl methyl sites for hydroxylation is 1. The number of nitrogens with one attached hydrogen (secondary N) is 1. The summed E-state index contributed by atoms with van der Waals surface area (Å²) < 4.78 is 34.9. The Balaban J connectivity index is 2.08. The van der Waals surface area contributed by atoms with E-state index in [4.69, 9.17) is 4.74 Å². The molecule has 7 heteroatoms. The predicted octanol–water partition coefficient (Wildman–Crippen LogP) is 5.02. The summed E-state index contributed by atoms with van der Waals surface area (Å²) in [6.07, 6.45) is 2.90. The van der Waals surface area contributed by atoms with Crippen molar-refractivity contribution in [3.63, 3.8) is 0 Å².